The van der Waals surface area contributed by atoms with Gasteiger partial charge in [-0.1, -0.05) is 49.7 Å². The van der Waals surface area contributed by atoms with Crippen molar-refractivity contribution in [2.24, 2.45) is 0 Å². The summed E-state index contributed by atoms with van der Waals surface area (Å²) in [7, 11) is 0. The molecule has 230 valence electrons. The van der Waals surface area contributed by atoms with Gasteiger partial charge in [0.2, 0.25) is 0 Å². The van der Waals surface area contributed by atoms with Gasteiger partial charge in [0, 0.05) is 43.0 Å². The molecule has 1 aliphatic heterocycles. The largest absolute Gasteiger partial charge is 0.444 e. The lowest BCUT2D eigenvalue weighted by atomic mass is 10.0. The van der Waals surface area contributed by atoms with E-state index in [1.165, 1.54) is 15.5 Å². The lowest BCUT2D eigenvalue weighted by Gasteiger charge is -2.41. The molecule has 1 atom stereocenters. The molecule has 1 aliphatic rings. The van der Waals surface area contributed by atoms with Gasteiger partial charge in [-0.25, -0.2) is 19.1 Å². The second kappa shape index (κ2) is 12.0. The molecule has 0 unspecified atom stereocenters. The van der Waals surface area contributed by atoms with Gasteiger partial charge in [0.05, 0.1) is 28.9 Å². The molecule has 0 aliphatic carbocycles. The Hall–Kier alpha value is -4.31. The van der Waals surface area contributed by atoms with E-state index in [0.29, 0.717) is 22.3 Å². The highest BCUT2D eigenvalue weighted by Gasteiger charge is 2.33. The van der Waals surface area contributed by atoms with Gasteiger partial charge in [-0.05, 0) is 58.2 Å². The average Bonchev–Trinajstić information content (AvgIpc) is 2.95. The Labute approximate surface area is 264 Å². The highest BCUT2D eigenvalue weighted by molar-refractivity contribution is 6.34. The number of hydrogen-bond acceptors (Lipinski definition) is 8. The maximum atomic E-state index is 14.2. The van der Waals surface area contributed by atoms with E-state index in [1.807, 2.05) is 20.8 Å². The van der Waals surface area contributed by atoms with E-state index in [0.717, 1.165) is 5.56 Å². The molecule has 1 saturated heterocycles. The second-order valence-electron chi connectivity index (χ2n) is 12.2. The van der Waals surface area contributed by atoms with E-state index in [2.05, 4.69) is 9.97 Å². The molecule has 10 nitrogen and oxygen atoms in total. The van der Waals surface area contributed by atoms with Crippen molar-refractivity contribution in [2.45, 2.75) is 66.0 Å². The fourth-order valence-electron chi connectivity index (χ4n) is 5.39. The van der Waals surface area contributed by atoms with Crippen LogP contribution in [0.4, 0.5) is 10.6 Å². The van der Waals surface area contributed by atoms with Crippen molar-refractivity contribution in [1.29, 1.82) is 0 Å². The number of fused-ring (bicyclic) bond motifs is 1. The Kier molecular flexibility index (Phi) is 7.76. The Morgan fingerprint density at radius 3 is 2.59 bits per heavy atom. The summed E-state index contributed by atoms with van der Waals surface area (Å²) in [6.45, 7) is 13.2. The first-order chi connectivity index (χ1) is 21.5. The van der Waals surface area contributed by atoms with Crippen LogP contribution in [0.1, 0.15) is 71.8 Å². The molecular weight excluding hydrogens is 580 g/mol. The number of pyridine rings is 2. The zero-order valence-corrected chi connectivity index (χ0v) is 26.7. The van der Waals surface area contributed by atoms with Gasteiger partial charge in [-0.3, -0.25) is 9.78 Å². The maximum absolute atomic E-state index is 14.2. The smallest absolute Gasteiger partial charge is 0.410 e. The third kappa shape index (κ3) is 5.91. The first-order valence-corrected chi connectivity index (χ1v) is 14.8. The van der Waals surface area contributed by atoms with E-state index in [9.17, 15) is 15.8 Å². The summed E-state index contributed by atoms with van der Waals surface area (Å²) in [5, 5.41) is 0.561. The lowest BCUT2D eigenvalue weighted by molar-refractivity contribution is 0.0218. The summed E-state index contributed by atoms with van der Waals surface area (Å²) in [6.07, 6.45) is 0.258. The number of ether oxygens (including phenoxy) is 1. The minimum absolute atomic E-state index is 0.00832. The summed E-state index contributed by atoms with van der Waals surface area (Å²) < 4.78 is 24.0. The molecular formula is C33H37ClN6O4. The van der Waals surface area contributed by atoms with Gasteiger partial charge in [0.1, 0.15) is 12.8 Å². The number of amides is 1. The van der Waals surface area contributed by atoms with E-state index in [-0.39, 0.29) is 53.3 Å². The predicted octanol–water partition coefficient (Wildman–Crippen LogP) is 6.19. The number of aldehydes is 1. The lowest BCUT2D eigenvalue weighted by Crippen LogP contribution is -2.55. The van der Waals surface area contributed by atoms with Crippen LogP contribution >= 0.6 is 11.6 Å². The van der Waals surface area contributed by atoms with Gasteiger partial charge >= 0.3 is 11.8 Å². The van der Waals surface area contributed by atoms with Crippen molar-refractivity contribution < 1.29 is 17.1 Å². The summed E-state index contributed by atoms with van der Waals surface area (Å²) >= 11 is 6.88. The zero-order valence-electron chi connectivity index (χ0n) is 27.9. The maximum Gasteiger partial charge on any atom is 0.410 e. The van der Waals surface area contributed by atoms with Crippen LogP contribution in [-0.2, 0) is 4.74 Å². The molecule has 3 aromatic heterocycles. The molecule has 0 saturated carbocycles. The standard InChI is InChI=1S/C33H37ClN6O4/c1-19(2)26-28(20(3)12-13-35-26)40-30-24(16-25(34)27(36-30)23-11-9-8-10-22(23)18-41)29(37-31(40)42)39-15-14-38(17-21(39)4)32(43)44-33(5,6)7/h8-13,16,18-19,21H,14-15,17H2,1-7H3/t21-/m0/s1/i18D,21D. The van der Waals surface area contributed by atoms with E-state index in [1.54, 1.807) is 69.1 Å². The molecule has 11 heteroatoms. The van der Waals surface area contributed by atoms with Crippen molar-refractivity contribution in [3.63, 3.8) is 0 Å². The fraction of sp³-hybridized carbons (Fsp3) is 0.394. The van der Waals surface area contributed by atoms with Gasteiger partial charge in [0.15, 0.2) is 11.9 Å². The number of benzene rings is 1. The first-order valence-electron chi connectivity index (χ1n) is 15.4. The monoisotopic (exact) mass is 618 g/mol. The summed E-state index contributed by atoms with van der Waals surface area (Å²) in [4.78, 5) is 56.5. The Balaban J connectivity index is 1.78. The van der Waals surface area contributed by atoms with Gasteiger partial charge in [-0.2, -0.15) is 4.98 Å². The number of piperazine rings is 1. The van der Waals surface area contributed by atoms with E-state index < -0.39 is 29.7 Å². The Morgan fingerprint density at radius 1 is 1.20 bits per heavy atom. The normalized spacial score (nSPS) is 17.9. The SMILES string of the molecule is [2H]C(=O)c1ccccc1-c1nc2c(cc1Cl)c(N1CCN(C(=O)OC(C)(C)C)C[C@]1([2H])C)nc(=O)n2-c1c(C)ccnc1C(C)C. The first kappa shape index (κ1) is 28.5. The molecule has 1 amide bonds. The van der Waals surface area contributed by atoms with Crippen molar-refractivity contribution >= 4 is 40.8 Å². The highest BCUT2D eigenvalue weighted by Crippen LogP contribution is 2.36. The predicted molar refractivity (Wildman–Crippen MR) is 172 cm³/mol. The van der Waals surface area contributed by atoms with Gasteiger partial charge in [-0.15, -0.1) is 0 Å². The van der Waals surface area contributed by atoms with Crippen LogP contribution in [0.2, 0.25) is 5.02 Å². The molecule has 4 heterocycles. The van der Waals surface area contributed by atoms with Crippen molar-refractivity contribution in [1.82, 2.24) is 24.4 Å². The van der Waals surface area contributed by atoms with Crippen LogP contribution in [0.5, 0.6) is 0 Å². The number of aromatic nitrogens is 4. The molecule has 0 N–H and O–H groups in total. The van der Waals surface area contributed by atoms with Crippen molar-refractivity contribution in [3.8, 4) is 16.9 Å². The Morgan fingerprint density at radius 2 is 1.93 bits per heavy atom. The molecule has 1 aromatic carbocycles. The summed E-state index contributed by atoms with van der Waals surface area (Å²) in [5.74, 6) is 0.137. The number of hydrogen-bond donors (Lipinski definition) is 0. The quantitative estimate of drug-likeness (QED) is 0.244. The van der Waals surface area contributed by atoms with Crippen LogP contribution in [0.15, 0.2) is 47.4 Å². The van der Waals surface area contributed by atoms with E-state index in [4.69, 9.17) is 22.7 Å². The Bertz CT molecular complexity index is 1920. The molecule has 0 bridgehead atoms. The molecule has 5 rings (SSSR count). The van der Waals surface area contributed by atoms with Crippen molar-refractivity contribution in [3.05, 3.63) is 74.9 Å². The molecule has 0 radical (unpaired) electrons. The number of anilines is 1. The minimum atomic E-state index is -1.41. The molecule has 44 heavy (non-hydrogen) atoms. The topological polar surface area (TPSA) is 111 Å². The van der Waals surface area contributed by atoms with Crippen LogP contribution in [0, 0.1) is 6.92 Å². The van der Waals surface area contributed by atoms with Gasteiger partial charge in [0.25, 0.3) is 0 Å². The zero-order chi connectivity index (χ0) is 33.7. The van der Waals surface area contributed by atoms with Crippen LogP contribution in [-0.4, -0.2) is 68.0 Å². The fourth-order valence-corrected chi connectivity index (χ4v) is 5.64. The average molecular weight is 619 g/mol. The third-order valence-electron chi connectivity index (χ3n) is 7.40. The number of nitrogens with zero attached hydrogens (tertiary/aromatic N) is 6. The highest BCUT2D eigenvalue weighted by atomic mass is 35.5. The number of rotatable bonds is 5. The second-order valence-corrected chi connectivity index (χ2v) is 12.6. The minimum Gasteiger partial charge on any atom is -0.444 e. The van der Waals surface area contributed by atoms with Gasteiger partial charge < -0.3 is 14.5 Å². The van der Waals surface area contributed by atoms with Crippen LogP contribution < -0.4 is 10.6 Å². The summed E-state index contributed by atoms with van der Waals surface area (Å²) in [6, 6.07) is 8.56. The van der Waals surface area contributed by atoms with Crippen LogP contribution in [0.25, 0.3) is 28.0 Å². The van der Waals surface area contributed by atoms with Crippen molar-refractivity contribution in [2.75, 3.05) is 24.5 Å². The summed E-state index contributed by atoms with van der Waals surface area (Å²) in [5.41, 5.74) is 1.49. The number of carbonyl (C=O) groups excluding carboxylic acids is 2. The van der Waals surface area contributed by atoms with E-state index >= 15 is 0 Å². The molecule has 0 spiro atoms. The van der Waals surface area contributed by atoms with Crippen LogP contribution in [0.3, 0.4) is 0 Å². The molecule has 4 aromatic rings. The molecule has 1 fully saturated rings. The number of aryl methyl sites for hydroxylation is 1. The number of carbonyl (C=O) groups is 2. The number of halogens is 1. The third-order valence-corrected chi connectivity index (χ3v) is 7.69.